The van der Waals surface area contributed by atoms with Crippen molar-refractivity contribution < 1.29 is 9.90 Å². The summed E-state index contributed by atoms with van der Waals surface area (Å²) in [4.78, 5) is 16.4. The number of anilines is 1. The van der Waals surface area contributed by atoms with Crippen molar-refractivity contribution in [1.29, 1.82) is 0 Å². The number of amides is 1. The van der Waals surface area contributed by atoms with E-state index in [4.69, 9.17) is 0 Å². The van der Waals surface area contributed by atoms with E-state index in [1.54, 1.807) is 30.6 Å². The van der Waals surface area contributed by atoms with Crippen LogP contribution in [0.3, 0.4) is 0 Å². The first kappa shape index (κ1) is 18.9. The second kappa shape index (κ2) is 8.12. The molecule has 3 N–H and O–H groups in total. The zero-order chi connectivity index (χ0) is 18.4. The maximum Gasteiger partial charge on any atom is 0.251 e. The molecule has 2 aromatic rings. The van der Waals surface area contributed by atoms with Gasteiger partial charge in [0.1, 0.15) is 0 Å². The first-order valence-electron chi connectivity index (χ1n) is 8.47. The van der Waals surface area contributed by atoms with Crippen molar-refractivity contribution in [3.63, 3.8) is 0 Å². The number of aromatic nitrogens is 1. The Balaban J connectivity index is 2.02. The first-order valence-corrected chi connectivity index (χ1v) is 8.47. The monoisotopic (exact) mass is 341 g/mol. The second-order valence-corrected chi connectivity index (χ2v) is 7.40. The molecule has 1 amide bonds. The van der Waals surface area contributed by atoms with Crippen LogP contribution < -0.4 is 10.6 Å². The van der Waals surface area contributed by atoms with Crippen LogP contribution >= 0.6 is 0 Å². The highest BCUT2D eigenvalue weighted by Crippen LogP contribution is 2.22. The molecule has 0 saturated heterocycles. The number of benzene rings is 1. The lowest BCUT2D eigenvalue weighted by Crippen LogP contribution is -2.29. The summed E-state index contributed by atoms with van der Waals surface area (Å²) in [7, 11) is 0. The maximum atomic E-state index is 12.5. The molecule has 1 atom stereocenters. The number of aliphatic hydroxyl groups excluding tert-OH is 1. The molecule has 134 valence electrons. The van der Waals surface area contributed by atoms with Crippen molar-refractivity contribution in [1.82, 2.24) is 10.3 Å². The fourth-order valence-electron chi connectivity index (χ4n) is 2.42. The van der Waals surface area contributed by atoms with Gasteiger partial charge >= 0.3 is 0 Å². The van der Waals surface area contributed by atoms with E-state index in [0.29, 0.717) is 5.56 Å². The summed E-state index contributed by atoms with van der Waals surface area (Å²) in [5.74, 6) is -0.190. The van der Waals surface area contributed by atoms with Gasteiger partial charge in [-0.15, -0.1) is 0 Å². The SMILES string of the molecule is Cc1c(NCC(C)(C)C)cccc1C(=O)NCC(O)c1ccncc1. The van der Waals surface area contributed by atoms with E-state index in [1.807, 2.05) is 19.1 Å². The molecule has 1 heterocycles. The van der Waals surface area contributed by atoms with E-state index in [1.165, 1.54) is 0 Å². The minimum atomic E-state index is -0.755. The van der Waals surface area contributed by atoms with Gasteiger partial charge < -0.3 is 15.7 Å². The quantitative estimate of drug-likeness (QED) is 0.753. The molecule has 0 bridgehead atoms. The molecule has 1 aromatic heterocycles. The summed E-state index contributed by atoms with van der Waals surface area (Å²) in [6.45, 7) is 9.38. The number of nitrogens with one attached hydrogen (secondary N) is 2. The Labute approximate surface area is 149 Å². The van der Waals surface area contributed by atoms with Gasteiger partial charge in [-0.3, -0.25) is 9.78 Å². The summed E-state index contributed by atoms with van der Waals surface area (Å²) in [5.41, 5.74) is 3.35. The molecule has 0 fully saturated rings. The lowest BCUT2D eigenvalue weighted by molar-refractivity contribution is 0.0915. The average molecular weight is 341 g/mol. The molecule has 2 rings (SSSR count). The molecule has 5 heteroatoms. The number of rotatable bonds is 6. The van der Waals surface area contributed by atoms with Crippen LogP contribution in [0.15, 0.2) is 42.7 Å². The summed E-state index contributed by atoms with van der Waals surface area (Å²) in [5, 5.41) is 16.4. The van der Waals surface area contributed by atoms with Crippen molar-refractivity contribution in [2.45, 2.75) is 33.8 Å². The maximum absolute atomic E-state index is 12.5. The van der Waals surface area contributed by atoms with E-state index < -0.39 is 6.10 Å². The van der Waals surface area contributed by atoms with Crippen LogP contribution in [0.4, 0.5) is 5.69 Å². The molecule has 5 nitrogen and oxygen atoms in total. The molecular formula is C20H27N3O2. The average Bonchev–Trinajstić information content (AvgIpc) is 2.58. The predicted octanol–water partition coefficient (Wildman–Crippen LogP) is 3.31. The highest BCUT2D eigenvalue weighted by atomic mass is 16.3. The zero-order valence-electron chi connectivity index (χ0n) is 15.3. The van der Waals surface area contributed by atoms with E-state index in [9.17, 15) is 9.90 Å². The fourth-order valence-corrected chi connectivity index (χ4v) is 2.42. The minimum absolute atomic E-state index is 0.152. The van der Waals surface area contributed by atoms with Crippen LogP contribution in [0.5, 0.6) is 0 Å². The van der Waals surface area contributed by atoms with E-state index >= 15 is 0 Å². The second-order valence-electron chi connectivity index (χ2n) is 7.40. The lowest BCUT2D eigenvalue weighted by Gasteiger charge is -2.21. The van der Waals surface area contributed by atoms with Gasteiger partial charge in [-0.2, -0.15) is 0 Å². The third-order valence-corrected chi connectivity index (χ3v) is 3.93. The smallest absolute Gasteiger partial charge is 0.251 e. The largest absolute Gasteiger partial charge is 0.387 e. The van der Waals surface area contributed by atoms with Crippen molar-refractivity contribution >= 4 is 11.6 Å². The van der Waals surface area contributed by atoms with Crippen molar-refractivity contribution in [2.24, 2.45) is 5.41 Å². The Morgan fingerprint density at radius 1 is 1.20 bits per heavy atom. The molecule has 0 radical (unpaired) electrons. The Morgan fingerprint density at radius 3 is 2.52 bits per heavy atom. The van der Waals surface area contributed by atoms with Gasteiger partial charge in [0.15, 0.2) is 0 Å². The van der Waals surface area contributed by atoms with Gasteiger partial charge in [0.25, 0.3) is 5.91 Å². The molecule has 0 aliphatic carbocycles. The Hall–Kier alpha value is -2.40. The van der Waals surface area contributed by atoms with Crippen molar-refractivity contribution in [2.75, 3.05) is 18.4 Å². The lowest BCUT2D eigenvalue weighted by atomic mass is 9.96. The summed E-state index contributed by atoms with van der Waals surface area (Å²) < 4.78 is 0. The number of carbonyl (C=O) groups excluding carboxylic acids is 1. The first-order chi connectivity index (χ1) is 11.8. The summed E-state index contributed by atoms with van der Waals surface area (Å²) in [6, 6.07) is 9.11. The standard InChI is InChI=1S/C20H27N3O2/c1-14-16(6-5-7-17(14)23-13-20(2,3)4)19(25)22-12-18(24)15-8-10-21-11-9-15/h5-11,18,23-24H,12-13H2,1-4H3,(H,22,25). The number of pyridine rings is 1. The van der Waals surface area contributed by atoms with Gasteiger partial charge in [-0.25, -0.2) is 0 Å². The zero-order valence-corrected chi connectivity index (χ0v) is 15.3. The van der Waals surface area contributed by atoms with Crippen molar-refractivity contribution in [3.05, 3.63) is 59.4 Å². The molecule has 0 saturated carbocycles. The van der Waals surface area contributed by atoms with Crippen LogP contribution in [0, 0.1) is 12.3 Å². The van der Waals surface area contributed by atoms with Crippen LogP contribution in [0.1, 0.15) is 48.4 Å². The molecule has 1 unspecified atom stereocenters. The van der Waals surface area contributed by atoms with E-state index in [-0.39, 0.29) is 17.9 Å². The third kappa shape index (κ3) is 5.57. The third-order valence-electron chi connectivity index (χ3n) is 3.93. The Kier molecular flexibility index (Phi) is 6.15. The van der Waals surface area contributed by atoms with Gasteiger partial charge in [0.2, 0.25) is 0 Å². The molecule has 0 spiro atoms. The number of aliphatic hydroxyl groups is 1. The van der Waals surface area contributed by atoms with Crippen LogP contribution in [-0.2, 0) is 0 Å². The molecule has 1 aromatic carbocycles. The minimum Gasteiger partial charge on any atom is -0.387 e. The molecule has 0 aliphatic heterocycles. The van der Waals surface area contributed by atoms with Gasteiger partial charge in [0, 0.05) is 36.7 Å². The van der Waals surface area contributed by atoms with E-state index in [2.05, 4.69) is 36.4 Å². The topological polar surface area (TPSA) is 74.2 Å². The fraction of sp³-hybridized carbons (Fsp3) is 0.400. The van der Waals surface area contributed by atoms with Crippen LogP contribution in [-0.4, -0.2) is 29.1 Å². The van der Waals surface area contributed by atoms with Gasteiger partial charge in [-0.05, 0) is 47.7 Å². The summed E-state index contributed by atoms with van der Waals surface area (Å²) in [6.07, 6.45) is 2.48. The summed E-state index contributed by atoms with van der Waals surface area (Å²) >= 11 is 0. The highest BCUT2D eigenvalue weighted by Gasteiger charge is 2.15. The highest BCUT2D eigenvalue weighted by molar-refractivity contribution is 5.97. The molecule has 0 aliphatic rings. The Bertz CT molecular complexity index is 709. The van der Waals surface area contributed by atoms with Gasteiger partial charge in [-0.1, -0.05) is 26.8 Å². The van der Waals surface area contributed by atoms with E-state index in [0.717, 1.165) is 23.4 Å². The molecule has 25 heavy (non-hydrogen) atoms. The van der Waals surface area contributed by atoms with Gasteiger partial charge in [0.05, 0.1) is 6.10 Å². The normalized spacial score (nSPS) is 12.5. The van der Waals surface area contributed by atoms with Crippen LogP contribution in [0.25, 0.3) is 0 Å². The molecular weight excluding hydrogens is 314 g/mol. The number of nitrogens with zero attached hydrogens (tertiary/aromatic N) is 1. The van der Waals surface area contributed by atoms with Crippen molar-refractivity contribution in [3.8, 4) is 0 Å². The number of hydrogen-bond acceptors (Lipinski definition) is 4. The number of carbonyl (C=O) groups is 1. The van der Waals surface area contributed by atoms with Crippen LogP contribution in [0.2, 0.25) is 0 Å². The Morgan fingerprint density at radius 2 is 1.88 bits per heavy atom. The predicted molar refractivity (Wildman–Crippen MR) is 101 cm³/mol. The number of hydrogen-bond donors (Lipinski definition) is 3.